The van der Waals surface area contributed by atoms with Crippen LogP contribution in [0.2, 0.25) is 0 Å². The molecule has 5 aromatic rings. The number of H-pyrrole nitrogens is 5. The first-order chi connectivity index (χ1) is 20.1. The molecule has 5 heterocycles. The van der Waals surface area contributed by atoms with Crippen LogP contribution in [-0.4, -0.2) is 54.5 Å². The van der Waals surface area contributed by atoms with Crippen LogP contribution >= 0.6 is 11.8 Å². The van der Waals surface area contributed by atoms with Gasteiger partial charge in [-0.2, -0.15) is 16.7 Å². The minimum Gasteiger partial charge on any atom is -0.423 e. The zero-order valence-electron chi connectivity index (χ0n) is 22.5. The lowest BCUT2D eigenvalue weighted by Crippen LogP contribution is -2.24. The second kappa shape index (κ2) is 18.2. The third-order valence-electron chi connectivity index (χ3n) is 4.76. The van der Waals surface area contributed by atoms with E-state index in [0.29, 0.717) is 11.1 Å². The number of nitrogens with one attached hydrogen (secondary N) is 6. The van der Waals surface area contributed by atoms with Gasteiger partial charge in [0.15, 0.2) is 0 Å². The fourth-order valence-electron chi connectivity index (χ4n) is 2.77. The Morgan fingerprint density at radius 3 is 2.00 bits per heavy atom. The van der Waals surface area contributed by atoms with Crippen LogP contribution in [0.3, 0.4) is 0 Å². The second-order valence-corrected chi connectivity index (χ2v) is 9.25. The third kappa shape index (κ3) is 13.7. The molecule has 0 atom stereocenters. The average molecular weight is 599 g/mol. The standard InChI is InChI=1S/C9H6O2.C5H6N2O2.C4H5N3O.C4H4N2O2.C4H9NS/c10-9-6-5-7-3-1-2-4-8(7)11-9;1-3-2-6-5(9)7-4(3)8;5-3-1-2-6-4(8)7-3;7-3-1-2-5-4(8)6-3;1-3-6-4-2-5-1/h1-6H;2H,1H3,(H2,6,7,8,9);1-2H,(H3,5,6,7,8);1-2H,(H2,5,6,7,8);5H,1-4H2. The molecule has 0 aliphatic carbocycles. The molecule has 16 heteroatoms. The van der Waals surface area contributed by atoms with Gasteiger partial charge in [0.1, 0.15) is 11.4 Å². The zero-order chi connectivity index (χ0) is 30.7. The van der Waals surface area contributed by atoms with Crippen molar-refractivity contribution in [2.75, 3.05) is 30.3 Å². The number of aryl methyl sites for hydroxylation is 1. The van der Waals surface area contributed by atoms with E-state index in [4.69, 9.17) is 10.2 Å². The first-order valence-corrected chi connectivity index (χ1v) is 13.4. The molecule has 1 aromatic carbocycles. The van der Waals surface area contributed by atoms with Gasteiger partial charge in [-0.15, -0.1) is 0 Å². The molecule has 0 saturated carbocycles. The molecule has 0 bridgehead atoms. The quantitative estimate of drug-likeness (QED) is 0.116. The van der Waals surface area contributed by atoms with Crippen LogP contribution in [0, 0.1) is 6.92 Å². The fourth-order valence-corrected chi connectivity index (χ4v) is 3.55. The number of anilines is 1. The molecule has 0 amide bonds. The van der Waals surface area contributed by atoms with Gasteiger partial charge in [0.05, 0.1) is 0 Å². The second-order valence-electron chi connectivity index (χ2n) is 8.03. The van der Waals surface area contributed by atoms with Crippen LogP contribution < -0.4 is 44.9 Å². The number of nitrogen functional groups attached to an aromatic ring is 1. The lowest BCUT2D eigenvalue weighted by Gasteiger charge is -2.08. The van der Waals surface area contributed by atoms with E-state index in [1.165, 1.54) is 61.4 Å². The van der Waals surface area contributed by atoms with E-state index in [9.17, 15) is 28.8 Å². The SMILES string of the molecule is C1CSCCN1.Cc1c[nH]c(=O)[nH]c1=O.Nc1cc[nH]c(=O)n1.O=c1cc[nH]c(=O)[nH]1.O=c1ccc2ccccc2o1. The van der Waals surface area contributed by atoms with E-state index in [0.717, 1.165) is 5.39 Å². The maximum atomic E-state index is 10.7. The van der Waals surface area contributed by atoms with E-state index >= 15 is 0 Å². The Kier molecular flexibility index (Phi) is 14.3. The van der Waals surface area contributed by atoms with Gasteiger partial charge in [-0.25, -0.2) is 19.2 Å². The van der Waals surface area contributed by atoms with Gasteiger partial charge in [0.25, 0.3) is 11.1 Å². The zero-order valence-corrected chi connectivity index (χ0v) is 23.3. The van der Waals surface area contributed by atoms with E-state index in [1.54, 1.807) is 19.1 Å². The van der Waals surface area contributed by atoms with Crippen molar-refractivity contribution < 1.29 is 4.42 Å². The number of nitrogens with zero attached hydrogens (tertiary/aromatic N) is 1. The molecule has 1 saturated heterocycles. The van der Waals surface area contributed by atoms with Gasteiger partial charge < -0.3 is 30.4 Å². The van der Waals surface area contributed by atoms with Crippen molar-refractivity contribution in [1.29, 1.82) is 0 Å². The molecule has 4 aromatic heterocycles. The highest BCUT2D eigenvalue weighted by Crippen LogP contribution is 2.09. The summed E-state index contributed by atoms with van der Waals surface area (Å²) in [4.78, 5) is 76.6. The topological polar surface area (TPSA) is 245 Å². The number of hydrogen-bond acceptors (Lipinski definition) is 11. The first-order valence-electron chi connectivity index (χ1n) is 12.3. The predicted octanol–water partition coefficient (Wildman–Crippen LogP) is -0.0973. The van der Waals surface area contributed by atoms with Crippen molar-refractivity contribution in [2.24, 2.45) is 0 Å². The smallest absolute Gasteiger partial charge is 0.346 e. The van der Waals surface area contributed by atoms with Crippen molar-refractivity contribution in [3.8, 4) is 0 Å². The molecule has 42 heavy (non-hydrogen) atoms. The molecular formula is C26H30N8O7S. The van der Waals surface area contributed by atoms with Crippen LogP contribution in [0.15, 0.2) is 100 Å². The minimum atomic E-state index is -0.475. The first kappa shape index (κ1) is 33.0. The number of benzene rings is 1. The number of para-hydroxylation sites is 1. The lowest BCUT2D eigenvalue weighted by atomic mass is 10.2. The summed E-state index contributed by atoms with van der Waals surface area (Å²) in [6, 6.07) is 13.3. The normalized spacial score (nSPS) is 11.5. The summed E-state index contributed by atoms with van der Waals surface area (Å²) in [6.45, 7) is 4.05. The number of rotatable bonds is 0. The summed E-state index contributed by atoms with van der Waals surface area (Å²) >= 11 is 2.03. The van der Waals surface area contributed by atoms with E-state index in [2.05, 4.69) is 30.2 Å². The Balaban J connectivity index is 0.000000186. The highest BCUT2D eigenvalue weighted by atomic mass is 32.2. The molecule has 0 radical (unpaired) electrons. The van der Waals surface area contributed by atoms with Gasteiger partial charge in [-0.05, 0) is 25.1 Å². The van der Waals surface area contributed by atoms with Crippen molar-refractivity contribution in [3.63, 3.8) is 0 Å². The molecule has 222 valence electrons. The van der Waals surface area contributed by atoms with Gasteiger partial charge in [-0.3, -0.25) is 19.6 Å². The van der Waals surface area contributed by atoms with Crippen LogP contribution in [0.4, 0.5) is 5.82 Å². The molecule has 6 rings (SSSR count). The number of aromatic nitrogens is 6. The van der Waals surface area contributed by atoms with Crippen molar-refractivity contribution >= 4 is 28.5 Å². The highest BCUT2D eigenvalue weighted by Gasteiger charge is 1.94. The van der Waals surface area contributed by atoms with E-state index < -0.39 is 17.1 Å². The van der Waals surface area contributed by atoms with Gasteiger partial charge in [0, 0.05) is 66.3 Å². The number of hydrogen-bond donors (Lipinski definition) is 7. The van der Waals surface area contributed by atoms with Gasteiger partial charge in [0.2, 0.25) is 0 Å². The largest absolute Gasteiger partial charge is 0.423 e. The fraction of sp³-hybridized carbons (Fsp3) is 0.192. The molecule has 0 spiro atoms. The highest BCUT2D eigenvalue weighted by molar-refractivity contribution is 7.99. The molecule has 1 aliphatic heterocycles. The summed E-state index contributed by atoms with van der Waals surface area (Å²) in [7, 11) is 0. The maximum absolute atomic E-state index is 10.7. The Morgan fingerprint density at radius 1 is 0.810 bits per heavy atom. The summed E-state index contributed by atoms with van der Waals surface area (Å²) in [5.74, 6) is 2.86. The molecule has 1 aliphatic rings. The number of nitrogens with two attached hydrogens (primary N) is 1. The Labute approximate surface area is 240 Å². The lowest BCUT2D eigenvalue weighted by molar-refractivity contribution is 0.561. The van der Waals surface area contributed by atoms with E-state index in [1.807, 2.05) is 34.9 Å². The monoisotopic (exact) mass is 598 g/mol. The summed E-state index contributed by atoms with van der Waals surface area (Å²) < 4.78 is 4.91. The molecule has 1 fully saturated rings. The van der Waals surface area contributed by atoms with Crippen molar-refractivity contribution in [3.05, 3.63) is 135 Å². The molecule has 8 N–H and O–H groups in total. The van der Waals surface area contributed by atoms with Gasteiger partial charge in [-0.1, -0.05) is 18.2 Å². The van der Waals surface area contributed by atoms with Gasteiger partial charge >= 0.3 is 22.7 Å². The number of aromatic amines is 5. The minimum absolute atomic E-state index is 0.244. The molecule has 15 nitrogen and oxygen atoms in total. The molecular weight excluding hydrogens is 568 g/mol. The number of thioether (sulfide) groups is 1. The summed E-state index contributed by atoms with van der Waals surface area (Å²) in [5.41, 5.74) is 3.90. The van der Waals surface area contributed by atoms with Crippen LogP contribution in [0.25, 0.3) is 11.0 Å². The average Bonchev–Trinajstić information content (AvgIpc) is 2.97. The summed E-state index contributed by atoms with van der Waals surface area (Å²) in [6.07, 6.45) is 4.12. The van der Waals surface area contributed by atoms with Crippen molar-refractivity contribution in [1.82, 2.24) is 35.2 Å². The van der Waals surface area contributed by atoms with Crippen LogP contribution in [-0.2, 0) is 0 Å². The Bertz CT molecular complexity index is 1830. The van der Waals surface area contributed by atoms with E-state index in [-0.39, 0.29) is 22.6 Å². The Hall–Kier alpha value is -5.22. The maximum Gasteiger partial charge on any atom is 0.346 e. The molecule has 0 unspecified atom stereocenters. The van der Waals surface area contributed by atoms with Crippen molar-refractivity contribution in [2.45, 2.75) is 6.92 Å². The van der Waals surface area contributed by atoms with Crippen LogP contribution in [0.1, 0.15) is 5.56 Å². The third-order valence-corrected chi connectivity index (χ3v) is 5.74. The van der Waals surface area contributed by atoms with Crippen LogP contribution in [0.5, 0.6) is 0 Å². The predicted molar refractivity (Wildman–Crippen MR) is 162 cm³/mol. The number of fused-ring (bicyclic) bond motifs is 1. The summed E-state index contributed by atoms with van der Waals surface area (Å²) in [5, 5.41) is 4.21. The Morgan fingerprint density at radius 2 is 1.50 bits per heavy atom.